The van der Waals surface area contributed by atoms with E-state index in [2.05, 4.69) is 10.2 Å². The number of hydrogen-bond acceptors (Lipinski definition) is 3. The third-order valence-electron chi connectivity index (χ3n) is 4.68. The minimum Gasteiger partial charge on any atom is -0.329 e. The van der Waals surface area contributed by atoms with Gasteiger partial charge in [0.05, 0.1) is 22.7 Å². The van der Waals surface area contributed by atoms with Crippen LogP contribution in [0.2, 0.25) is 5.02 Å². The van der Waals surface area contributed by atoms with Gasteiger partial charge in [-0.3, -0.25) is 4.79 Å². The van der Waals surface area contributed by atoms with Gasteiger partial charge in [0.15, 0.2) is 11.6 Å². The average molecular weight is 425 g/mol. The predicted molar refractivity (Wildman–Crippen MR) is 96.6 cm³/mol. The Balaban J connectivity index is 1.60. The first-order valence-electron chi connectivity index (χ1n) is 8.58. The molecule has 1 aliphatic rings. The van der Waals surface area contributed by atoms with Gasteiger partial charge in [-0.1, -0.05) is 17.7 Å². The van der Waals surface area contributed by atoms with Crippen LogP contribution in [0.25, 0.3) is 11.4 Å². The van der Waals surface area contributed by atoms with Crippen LogP contribution in [-0.4, -0.2) is 32.1 Å². The molecule has 3 aromatic rings. The number of hydrogen-bond donors (Lipinski definition) is 0. The van der Waals surface area contributed by atoms with Gasteiger partial charge >= 0.3 is 6.18 Å². The highest BCUT2D eigenvalue weighted by atomic mass is 35.5. The van der Waals surface area contributed by atoms with Crippen molar-refractivity contribution in [2.45, 2.75) is 19.3 Å². The smallest absolute Gasteiger partial charge is 0.329 e. The van der Waals surface area contributed by atoms with Crippen molar-refractivity contribution in [3.05, 3.63) is 70.3 Å². The van der Waals surface area contributed by atoms with Crippen LogP contribution in [0.3, 0.4) is 0 Å². The number of fused-ring (bicyclic) bond motifs is 1. The number of carbonyl (C=O) groups excluding carboxylic acids is 1. The normalized spacial score (nSPS) is 14.0. The lowest BCUT2D eigenvalue weighted by Gasteiger charge is -2.28. The highest BCUT2D eigenvalue weighted by Crippen LogP contribution is 2.36. The predicted octanol–water partition coefficient (Wildman–Crippen LogP) is 4.41. The first-order chi connectivity index (χ1) is 13.8. The topological polar surface area (TPSA) is 51.0 Å². The minimum atomic E-state index is -4.65. The Kier molecular flexibility index (Phi) is 4.77. The third kappa shape index (κ3) is 3.57. The summed E-state index contributed by atoms with van der Waals surface area (Å²) in [7, 11) is 0. The summed E-state index contributed by atoms with van der Waals surface area (Å²) in [5.74, 6) is 0.0248. The maximum Gasteiger partial charge on any atom is 0.417 e. The Bertz CT molecular complexity index is 1080. The van der Waals surface area contributed by atoms with Gasteiger partial charge < -0.3 is 9.47 Å². The number of benzene rings is 2. The van der Waals surface area contributed by atoms with Crippen LogP contribution >= 0.6 is 11.6 Å². The molecule has 150 valence electrons. The van der Waals surface area contributed by atoms with Crippen molar-refractivity contribution in [3.63, 3.8) is 0 Å². The first kappa shape index (κ1) is 19.4. The molecule has 0 bridgehead atoms. The molecule has 0 saturated heterocycles. The summed E-state index contributed by atoms with van der Waals surface area (Å²) in [6, 6.07) is 9.03. The molecule has 4 rings (SSSR count). The zero-order chi connectivity index (χ0) is 20.8. The molecular weight excluding hydrogens is 412 g/mol. The van der Waals surface area contributed by atoms with Gasteiger partial charge in [0.2, 0.25) is 0 Å². The van der Waals surface area contributed by atoms with Crippen molar-refractivity contribution in [1.82, 2.24) is 19.7 Å². The lowest BCUT2D eigenvalue weighted by molar-refractivity contribution is -0.137. The van der Waals surface area contributed by atoms with Crippen molar-refractivity contribution in [1.29, 1.82) is 0 Å². The van der Waals surface area contributed by atoms with E-state index in [4.69, 9.17) is 11.6 Å². The summed E-state index contributed by atoms with van der Waals surface area (Å²) < 4.78 is 54.1. The van der Waals surface area contributed by atoms with Crippen molar-refractivity contribution < 1.29 is 22.4 Å². The van der Waals surface area contributed by atoms with Gasteiger partial charge in [-0.25, -0.2) is 4.39 Å². The molecule has 1 aromatic heterocycles. The number of amides is 1. The van der Waals surface area contributed by atoms with Crippen LogP contribution in [0.15, 0.2) is 42.5 Å². The fourth-order valence-corrected chi connectivity index (χ4v) is 3.54. The molecule has 0 fully saturated rings. The first-order valence-corrected chi connectivity index (χ1v) is 8.96. The molecule has 1 aliphatic heterocycles. The molecular formula is C19H13ClF4N4O. The van der Waals surface area contributed by atoms with Crippen molar-refractivity contribution in [3.8, 4) is 11.4 Å². The van der Waals surface area contributed by atoms with E-state index in [-0.39, 0.29) is 24.5 Å². The van der Waals surface area contributed by atoms with Crippen molar-refractivity contribution in [2.75, 3.05) is 6.54 Å². The quantitative estimate of drug-likeness (QED) is 0.572. The minimum absolute atomic E-state index is 0.0690. The van der Waals surface area contributed by atoms with Gasteiger partial charge in [0.25, 0.3) is 5.91 Å². The van der Waals surface area contributed by atoms with Gasteiger partial charge in [-0.2, -0.15) is 13.2 Å². The van der Waals surface area contributed by atoms with Gasteiger partial charge in [0.1, 0.15) is 5.82 Å². The van der Waals surface area contributed by atoms with Crippen LogP contribution < -0.4 is 0 Å². The Labute approximate surface area is 167 Å². The Morgan fingerprint density at radius 3 is 2.45 bits per heavy atom. The summed E-state index contributed by atoms with van der Waals surface area (Å²) in [4.78, 5) is 14.2. The second-order valence-electron chi connectivity index (χ2n) is 6.49. The van der Waals surface area contributed by atoms with E-state index < -0.39 is 22.7 Å². The maximum absolute atomic E-state index is 13.1. The summed E-state index contributed by atoms with van der Waals surface area (Å²) in [5.41, 5.74) is -0.595. The number of carbonyl (C=O) groups is 1. The summed E-state index contributed by atoms with van der Waals surface area (Å²) in [6.07, 6.45) is -4.65. The Hall–Kier alpha value is -2.94. The van der Waals surface area contributed by atoms with E-state index in [0.717, 1.165) is 12.1 Å². The van der Waals surface area contributed by atoms with Gasteiger partial charge in [-0.15, -0.1) is 10.2 Å². The monoisotopic (exact) mass is 424 g/mol. The molecule has 0 spiro atoms. The van der Waals surface area contributed by atoms with Crippen LogP contribution in [0.5, 0.6) is 0 Å². The zero-order valence-corrected chi connectivity index (χ0v) is 15.5. The second-order valence-corrected chi connectivity index (χ2v) is 6.87. The molecule has 0 radical (unpaired) electrons. The van der Waals surface area contributed by atoms with E-state index in [1.165, 1.54) is 23.1 Å². The molecule has 2 aromatic carbocycles. The highest BCUT2D eigenvalue weighted by Gasteiger charge is 2.36. The van der Waals surface area contributed by atoms with Crippen molar-refractivity contribution in [2.24, 2.45) is 0 Å². The molecule has 29 heavy (non-hydrogen) atoms. The number of nitrogens with zero attached hydrogens (tertiary/aromatic N) is 4. The lowest BCUT2D eigenvalue weighted by Crippen LogP contribution is -2.38. The van der Waals surface area contributed by atoms with Crippen LogP contribution in [0.4, 0.5) is 17.6 Å². The molecule has 5 nitrogen and oxygen atoms in total. The molecule has 0 atom stereocenters. The molecule has 0 aliphatic carbocycles. The standard InChI is InChI=1S/C19H13ClF4N4O/c20-16-13(2-1-3-14(16)19(22,23)24)18(29)27-8-9-28-15(10-27)25-26-17(28)11-4-6-12(21)7-5-11/h1-7H,8-10H2. The SMILES string of the molecule is O=C(c1cccc(C(F)(F)F)c1Cl)N1CCn2c(nnc2-c2ccc(F)cc2)C1. The maximum atomic E-state index is 13.1. The molecule has 10 heteroatoms. The largest absolute Gasteiger partial charge is 0.417 e. The Morgan fingerprint density at radius 2 is 1.76 bits per heavy atom. The van der Waals surface area contributed by atoms with E-state index >= 15 is 0 Å². The van der Waals surface area contributed by atoms with Gasteiger partial charge in [0, 0.05) is 18.7 Å². The van der Waals surface area contributed by atoms with E-state index in [1.54, 1.807) is 16.7 Å². The van der Waals surface area contributed by atoms with Gasteiger partial charge in [-0.05, 0) is 36.4 Å². The second kappa shape index (κ2) is 7.14. The average Bonchev–Trinajstić information content (AvgIpc) is 3.10. The van der Waals surface area contributed by atoms with Crippen molar-refractivity contribution >= 4 is 17.5 Å². The Morgan fingerprint density at radius 1 is 1.03 bits per heavy atom. The molecule has 0 saturated carbocycles. The third-order valence-corrected chi connectivity index (χ3v) is 5.08. The van der Waals surface area contributed by atoms with E-state index in [0.29, 0.717) is 23.8 Å². The molecule has 0 N–H and O–H groups in total. The molecule has 2 heterocycles. The molecule has 1 amide bonds. The number of aromatic nitrogens is 3. The zero-order valence-electron chi connectivity index (χ0n) is 14.7. The number of alkyl halides is 3. The van der Waals surface area contributed by atoms with Crippen LogP contribution in [-0.2, 0) is 19.3 Å². The highest BCUT2D eigenvalue weighted by molar-refractivity contribution is 6.34. The number of rotatable bonds is 2. The fraction of sp³-hybridized carbons (Fsp3) is 0.211. The summed E-state index contributed by atoms with van der Waals surface area (Å²) >= 11 is 5.87. The lowest BCUT2D eigenvalue weighted by atomic mass is 10.1. The summed E-state index contributed by atoms with van der Waals surface area (Å²) in [6.45, 7) is 0.654. The van der Waals surface area contributed by atoms with Crippen LogP contribution in [0.1, 0.15) is 21.7 Å². The van der Waals surface area contributed by atoms with E-state index in [1.807, 2.05) is 0 Å². The van der Waals surface area contributed by atoms with E-state index in [9.17, 15) is 22.4 Å². The van der Waals surface area contributed by atoms with Crippen LogP contribution in [0, 0.1) is 5.82 Å². The fourth-order valence-electron chi connectivity index (χ4n) is 3.23. The summed E-state index contributed by atoms with van der Waals surface area (Å²) in [5, 5.41) is 7.56. The molecule has 0 unspecified atom stereocenters. The number of halogens is 5.